The second kappa shape index (κ2) is 11.4. The van der Waals surface area contributed by atoms with Gasteiger partial charge in [0.15, 0.2) is 5.82 Å². The second-order valence-corrected chi connectivity index (χ2v) is 12.1. The number of hydrogen-bond donors (Lipinski definition) is 0. The number of para-hydroxylation sites is 2. The van der Waals surface area contributed by atoms with Crippen LogP contribution in [0.1, 0.15) is 25.2 Å². The van der Waals surface area contributed by atoms with Gasteiger partial charge >= 0.3 is 0 Å². The van der Waals surface area contributed by atoms with Gasteiger partial charge in [-0.05, 0) is 85.5 Å². The van der Waals surface area contributed by atoms with Crippen molar-refractivity contribution in [2.45, 2.75) is 37.0 Å². The number of ether oxygens (including phenoxy) is 1. The molecule has 43 heavy (non-hydrogen) atoms. The van der Waals surface area contributed by atoms with Crippen LogP contribution in [0, 0.1) is 12.8 Å². The third kappa shape index (κ3) is 5.51. The van der Waals surface area contributed by atoms with Gasteiger partial charge in [-0.3, -0.25) is 4.90 Å². The van der Waals surface area contributed by atoms with E-state index in [1.807, 2.05) is 78.5 Å². The highest BCUT2D eigenvalue weighted by molar-refractivity contribution is 7.99. The highest BCUT2D eigenvalue weighted by Gasteiger charge is 2.26. The lowest BCUT2D eigenvalue weighted by molar-refractivity contribution is 0.482. The maximum atomic E-state index is 6.46. The number of aromatic nitrogens is 4. The average Bonchev–Trinajstić information content (AvgIpc) is 3.42. The van der Waals surface area contributed by atoms with E-state index >= 15 is 0 Å². The minimum absolute atomic E-state index is 0.564. The fraction of sp³-hybridized carbons (Fsp3) is 0.139. The molecule has 0 radical (unpaired) electrons. The van der Waals surface area contributed by atoms with Gasteiger partial charge in [0.05, 0.1) is 17.1 Å². The van der Waals surface area contributed by atoms with Crippen LogP contribution in [0.4, 0.5) is 17.2 Å². The van der Waals surface area contributed by atoms with Gasteiger partial charge in [-0.2, -0.15) is 0 Å². The average molecular weight is 582 g/mol. The summed E-state index contributed by atoms with van der Waals surface area (Å²) in [5.74, 6) is 4.42. The maximum Gasteiger partial charge on any atom is 0.181 e. The lowest BCUT2D eigenvalue weighted by Crippen LogP contribution is -2.16. The van der Waals surface area contributed by atoms with E-state index in [4.69, 9.17) is 19.8 Å². The van der Waals surface area contributed by atoms with E-state index in [0.717, 1.165) is 57.1 Å². The van der Waals surface area contributed by atoms with Crippen molar-refractivity contribution in [2.75, 3.05) is 4.90 Å². The zero-order chi connectivity index (χ0) is 29.3. The first kappa shape index (κ1) is 27.0. The molecular weight excluding hydrogens is 550 g/mol. The van der Waals surface area contributed by atoms with Crippen molar-refractivity contribution in [1.29, 1.82) is 0 Å². The van der Waals surface area contributed by atoms with E-state index in [9.17, 15) is 0 Å². The van der Waals surface area contributed by atoms with Gasteiger partial charge in [0.25, 0.3) is 0 Å². The van der Waals surface area contributed by atoms with Gasteiger partial charge < -0.3 is 4.74 Å². The van der Waals surface area contributed by atoms with Gasteiger partial charge in [-0.15, -0.1) is 5.10 Å². The Morgan fingerprint density at radius 3 is 2.42 bits per heavy atom. The Balaban J connectivity index is 1.22. The number of pyridine rings is 1. The smallest absolute Gasteiger partial charge is 0.181 e. The first-order valence-electron chi connectivity index (χ1n) is 14.5. The standard InChI is InChI=1S/C36H31N5OS/c1-24(2)20-26-18-19-37-35(21-26)40-31-14-7-8-15-33(31)43-34-17-16-30(23-32(34)40)42-29-13-9-10-27(22-29)36-38-25(3)41(39-36)28-11-5-4-6-12-28/h4-19,21-24H,20H2,1-3H3. The van der Waals surface area contributed by atoms with Crippen LogP contribution in [0.5, 0.6) is 11.5 Å². The zero-order valence-corrected chi connectivity index (χ0v) is 25.1. The topological polar surface area (TPSA) is 56.1 Å². The molecule has 2 aromatic heterocycles. The second-order valence-electron chi connectivity index (χ2n) is 11.0. The predicted molar refractivity (Wildman–Crippen MR) is 173 cm³/mol. The molecule has 0 fully saturated rings. The third-order valence-electron chi connectivity index (χ3n) is 7.28. The summed E-state index contributed by atoms with van der Waals surface area (Å²) < 4.78 is 8.32. The molecule has 1 aliphatic rings. The van der Waals surface area contributed by atoms with Gasteiger partial charge in [-0.25, -0.2) is 14.6 Å². The van der Waals surface area contributed by atoms with Crippen LogP contribution < -0.4 is 9.64 Å². The molecule has 0 bridgehead atoms. The number of benzene rings is 4. The van der Waals surface area contributed by atoms with E-state index in [0.29, 0.717) is 11.7 Å². The Bertz CT molecular complexity index is 1920. The van der Waals surface area contributed by atoms with Gasteiger partial charge in [0, 0.05) is 27.6 Å². The Morgan fingerprint density at radius 2 is 1.56 bits per heavy atom. The van der Waals surface area contributed by atoms with Crippen molar-refractivity contribution in [3.05, 3.63) is 127 Å². The number of anilines is 3. The summed E-state index contributed by atoms with van der Waals surface area (Å²) in [6.45, 7) is 6.45. The molecule has 7 rings (SSSR count). The molecule has 6 nitrogen and oxygen atoms in total. The summed E-state index contributed by atoms with van der Waals surface area (Å²) in [7, 11) is 0. The molecule has 0 atom stereocenters. The van der Waals surface area contributed by atoms with Crippen LogP contribution >= 0.6 is 11.8 Å². The van der Waals surface area contributed by atoms with E-state index in [2.05, 4.69) is 67.3 Å². The number of hydrogen-bond acceptors (Lipinski definition) is 6. The van der Waals surface area contributed by atoms with Crippen LogP contribution in [-0.4, -0.2) is 19.7 Å². The Morgan fingerprint density at radius 1 is 0.767 bits per heavy atom. The molecule has 0 N–H and O–H groups in total. The van der Waals surface area contributed by atoms with E-state index in [1.54, 1.807) is 11.8 Å². The largest absolute Gasteiger partial charge is 0.457 e. The highest BCUT2D eigenvalue weighted by atomic mass is 32.2. The van der Waals surface area contributed by atoms with Crippen molar-refractivity contribution in [3.8, 4) is 28.6 Å². The van der Waals surface area contributed by atoms with Gasteiger partial charge in [0.1, 0.15) is 23.1 Å². The third-order valence-corrected chi connectivity index (χ3v) is 8.41. The first-order chi connectivity index (χ1) is 21.0. The summed E-state index contributed by atoms with van der Waals surface area (Å²) in [4.78, 5) is 14.2. The maximum absolute atomic E-state index is 6.46. The van der Waals surface area contributed by atoms with E-state index < -0.39 is 0 Å². The fourth-order valence-corrected chi connectivity index (χ4v) is 6.43. The zero-order valence-electron chi connectivity index (χ0n) is 24.3. The summed E-state index contributed by atoms with van der Waals surface area (Å²) in [5, 5.41) is 4.78. The Kier molecular flexibility index (Phi) is 7.17. The number of nitrogens with zero attached hydrogens (tertiary/aromatic N) is 5. The number of aryl methyl sites for hydroxylation is 1. The minimum atomic E-state index is 0.564. The summed E-state index contributed by atoms with van der Waals surface area (Å²) in [6.07, 6.45) is 2.92. The first-order valence-corrected chi connectivity index (χ1v) is 15.3. The molecule has 0 unspecified atom stereocenters. The van der Waals surface area contributed by atoms with Gasteiger partial charge in [-0.1, -0.05) is 68.1 Å². The molecule has 0 saturated carbocycles. The quantitative estimate of drug-likeness (QED) is 0.187. The lowest BCUT2D eigenvalue weighted by Gasteiger charge is -2.32. The molecule has 0 amide bonds. The summed E-state index contributed by atoms with van der Waals surface area (Å²) in [6, 6.07) is 37.0. The molecule has 1 aliphatic heterocycles. The Labute approximate surface area is 256 Å². The molecule has 3 heterocycles. The van der Waals surface area contributed by atoms with E-state index in [1.165, 1.54) is 10.5 Å². The van der Waals surface area contributed by atoms with Crippen LogP contribution in [0.3, 0.4) is 0 Å². The summed E-state index contributed by atoms with van der Waals surface area (Å²) in [5.41, 5.74) is 5.31. The molecule has 4 aromatic carbocycles. The van der Waals surface area contributed by atoms with Crippen LogP contribution in [0.25, 0.3) is 17.1 Å². The molecule has 0 aliphatic carbocycles. The van der Waals surface area contributed by atoms with Crippen molar-refractivity contribution in [3.63, 3.8) is 0 Å². The molecule has 6 aromatic rings. The SMILES string of the molecule is Cc1nc(-c2cccc(Oc3ccc4c(c3)N(c3cc(CC(C)C)ccn3)c3ccccc3S4)c2)nn1-c1ccccc1. The predicted octanol–water partition coefficient (Wildman–Crippen LogP) is 9.56. The fourth-order valence-electron chi connectivity index (χ4n) is 5.39. The van der Waals surface area contributed by atoms with Crippen molar-refractivity contribution in [1.82, 2.24) is 19.7 Å². The highest BCUT2D eigenvalue weighted by Crippen LogP contribution is 2.52. The van der Waals surface area contributed by atoms with E-state index in [-0.39, 0.29) is 0 Å². The molecule has 212 valence electrons. The van der Waals surface area contributed by atoms with Crippen LogP contribution in [0.15, 0.2) is 125 Å². The molecule has 0 saturated heterocycles. The van der Waals surface area contributed by atoms with Crippen LogP contribution in [0.2, 0.25) is 0 Å². The van der Waals surface area contributed by atoms with Gasteiger partial charge in [0.2, 0.25) is 0 Å². The molecule has 7 heteroatoms. The minimum Gasteiger partial charge on any atom is -0.457 e. The number of rotatable bonds is 7. The Hall–Kier alpha value is -4.88. The number of fused-ring (bicyclic) bond motifs is 2. The van der Waals surface area contributed by atoms with Crippen molar-refractivity contribution in [2.24, 2.45) is 5.92 Å². The lowest BCUT2D eigenvalue weighted by atomic mass is 10.0. The molecular formula is C36H31N5OS. The van der Waals surface area contributed by atoms with Crippen molar-refractivity contribution >= 4 is 29.0 Å². The summed E-state index contributed by atoms with van der Waals surface area (Å²) >= 11 is 1.77. The normalized spacial score (nSPS) is 12.2. The monoisotopic (exact) mass is 581 g/mol. The van der Waals surface area contributed by atoms with Crippen LogP contribution in [-0.2, 0) is 6.42 Å². The van der Waals surface area contributed by atoms with Crippen molar-refractivity contribution < 1.29 is 4.74 Å². The molecule has 0 spiro atoms.